The van der Waals surface area contributed by atoms with Crippen LogP contribution >= 0.6 is 12.4 Å². The van der Waals surface area contributed by atoms with Gasteiger partial charge < -0.3 is 15.8 Å². The van der Waals surface area contributed by atoms with Gasteiger partial charge in [-0.3, -0.25) is 4.79 Å². The maximum absolute atomic E-state index is 12.7. The fourth-order valence-corrected chi connectivity index (χ4v) is 3.21. The first-order valence-corrected chi connectivity index (χ1v) is 8.21. The summed E-state index contributed by atoms with van der Waals surface area (Å²) >= 11 is 0. The molecule has 1 aliphatic carbocycles. The number of methoxy groups -OCH3 is 1. The molecule has 134 valence electrons. The minimum Gasteiger partial charge on any atom is -0.467 e. The van der Waals surface area contributed by atoms with Crippen LogP contribution in [0.15, 0.2) is 30.3 Å². The molecule has 0 spiro atoms. The molecule has 24 heavy (non-hydrogen) atoms. The van der Waals surface area contributed by atoms with Crippen LogP contribution < -0.4 is 11.1 Å². The number of carbonyl (C=O) groups is 2. The summed E-state index contributed by atoms with van der Waals surface area (Å²) in [4.78, 5) is 24.9. The summed E-state index contributed by atoms with van der Waals surface area (Å²) < 4.78 is 4.93. The van der Waals surface area contributed by atoms with E-state index >= 15 is 0 Å². The predicted octanol–water partition coefficient (Wildman–Crippen LogP) is 2.74. The fraction of sp³-hybridized carbons (Fsp3) is 0.556. The second kappa shape index (κ2) is 9.04. The molecule has 1 fully saturated rings. The van der Waals surface area contributed by atoms with Crippen LogP contribution in [-0.4, -0.2) is 24.5 Å². The molecule has 0 aliphatic heterocycles. The van der Waals surface area contributed by atoms with Crippen LogP contribution in [0, 0.1) is 5.92 Å². The number of hydrogen-bond acceptors (Lipinski definition) is 4. The van der Waals surface area contributed by atoms with Gasteiger partial charge >= 0.3 is 5.97 Å². The Labute approximate surface area is 149 Å². The lowest BCUT2D eigenvalue weighted by atomic mass is 9.81. The summed E-state index contributed by atoms with van der Waals surface area (Å²) in [6.45, 7) is 1.79. The molecule has 0 radical (unpaired) electrons. The van der Waals surface area contributed by atoms with Crippen LogP contribution in [0.25, 0.3) is 0 Å². The topological polar surface area (TPSA) is 81.4 Å². The minimum atomic E-state index is -0.894. The molecule has 5 nitrogen and oxygen atoms in total. The summed E-state index contributed by atoms with van der Waals surface area (Å²) in [5.41, 5.74) is 6.23. The quantitative estimate of drug-likeness (QED) is 0.796. The lowest BCUT2D eigenvalue weighted by Gasteiger charge is -2.36. The zero-order valence-corrected chi connectivity index (χ0v) is 15.1. The van der Waals surface area contributed by atoms with E-state index in [0.29, 0.717) is 12.8 Å². The highest BCUT2D eigenvalue weighted by Gasteiger charge is 2.43. The average Bonchev–Trinajstić information content (AvgIpc) is 2.61. The van der Waals surface area contributed by atoms with Crippen LogP contribution in [0.2, 0.25) is 0 Å². The Morgan fingerprint density at radius 2 is 1.75 bits per heavy atom. The first-order valence-electron chi connectivity index (χ1n) is 8.21. The van der Waals surface area contributed by atoms with Crippen molar-refractivity contribution < 1.29 is 14.3 Å². The highest BCUT2D eigenvalue weighted by atomic mass is 35.5. The Morgan fingerprint density at radius 1 is 1.17 bits per heavy atom. The Kier molecular flexibility index (Phi) is 7.70. The van der Waals surface area contributed by atoms with Crippen molar-refractivity contribution in [1.29, 1.82) is 0 Å². The van der Waals surface area contributed by atoms with Gasteiger partial charge in [-0.2, -0.15) is 0 Å². The summed E-state index contributed by atoms with van der Waals surface area (Å²) in [5, 5.41) is 2.94. The van der Waals surface area contributed by atoms with Crippen LogP contribution in [0.4, 0.5) is 0 Å². The van der Waals surface area contributed by atoms with Crippen molar-refractivity contribution in [2.24, 2.45) is 11.7 Å². The van der Waals surface area contributed by atoms with Gasteiger partial charge in [-0.25, -0.2) is 4.79 Å². The Balaban J connectivity index is 0.00000288. The van der Waals surface area contributed by atoms with Gasteiger partial charge in [0.05, 0.1) is 13.0 Å². The van der Waals surface area contributed by atoms with Gasteiger partial charge in [-0.15, -0.1) is 12.4 Å². The molecule has 2 atom stereocenters. The standard InChI is InChI=1S/C18H26N2O3.ClH/c1-13(15(19)14-9-5-3-6-10-14)16(21)20-18(17(22)23-2)11-7-4-8-12-18;/h3,5-6,9-10,13,15H,4,7-8,11-12,19H2,1-2H3,(H,20,21);1H. The normalized spacial score (nSPS) is 18.6. The third-order valence-electron chi connectivity index (χ3n) is 4.78. The second-order valence-electron chi connectivity index (χ2n) is 6.35. The van der Waals surface area contributed by atoms with Crippen molar-refractivity contribution in [3.05, 3.63) is 35.9 Å². The van der Waals surface area contributed by atoms with E-state index in [2.05, 4.69) is 5.32 Å². The minimum absolute atomic E-state index is 0. The summed E-state index contributed by atoms with van der Waals surface area (Å²) in [5.74, 6) is -0.986. The number of nitrogens with two attached hydrogens (primary N) is 1. The largest absolute Gasteiger partial charge is 0.467 e. The van der Waals surface area contributed by atoms with Crippen LogP contribution in [0.5, 0.6) is 0 Å². The fourth-order valence-electron chi connectivity index (χ4n) is 3.21. The molecule has 1 amide bonds. The van der Waals surface area contributed by atoms with Crippen LogP contribution in [0.3, 0.4) is 0 Å². The van der Waals surface area contributed by atoms with Crippen molar-refractivity contribution in [2.45, 2.75) is 50.6 Å². The molecule has 6 heteroatoms. The number of carbonyl (C=O) groups excluding carboxylic acids is 2. The zero-order valence-electron chi connectivity index (χ0n) is 14.3. The molecular weight excluding hydrogens is 328 g/mol. The second-order valence-corrected chi connectivity index (χ2v) is 6.35. The van der Waals surface area contributed by atoms with Crippen LogP contribution in [0.1, 0.15) is 50.6 Å². The van der Waals surface area contributed by atoms with Crippen molar-refractivity contribution in [2.75, 3.05) is 7.11 Å². The van der Waals surface area contributed by atoms with Crippen LogP contribution in [-0.2, 0) is 14.3 Å². The van der Waals surface area contributed by atoms with Crippen molar-refractivity contribution in [3.63, 3.8) is 0 Å². The molecular formula is C18H27ClN2O3. The molecule has 1 saturated carbocycles. The Hall–Kier alpha value is -1.59. The van der Waals surface area contributed by atoms with Gasteiger partial charge in [0.2, 0.25) is 5.91 Å². The van der Waals surface area contributed by atoms with Crippen molar-refractivity contribution >= 4 is 24.3 Å². The molecule has 3 N–H and O–H groups in total. The first kappa shape index (κ1) is 20.5. The lowest BCUT2D eigenvalue weighted by Crippen LogP contribution is -2.57. The molecule has 0 bridgehead atoms. The highest BCUT2D eigenvalue weighted by molar-refractivity contribution is 5.89. The van der Waals surface area contributed by atoms with Gasteiger partial charge in [-0.1, -0.05) is 56.5 Å². The van der Waals surface area contributed by atoms with E-state index in [1.165, 1.54) is 7.11 Å². The van der Waals surface area contributed by atoms with E-state index in [0.717, 1.165) is 24.8 Å². The van der Waals surface area contributed by atoms with E-state index < -0.39 is 17.5 Å². The van der Waals surface area contributed by atoms with Crippen molar-refractivity contribution in [3.8, 4) is 0 Å². The maximum Gasteiger partial charge on any atom is 0.331 e. The number of benzene rings is 1. The molecule has 0 aromatic heterocycles. The Bertz CT molecular complexity index is 544. The van der Waals surface area contributed by atoms with Gasteiger partial charge in [-0.05, 0) is 18.4 Å². The van der Waals surface area contributed by atoms with E-state index in [4.69, 9.17) is 10.5 Å². The predicted molar refractivity (Wildman–Crippen MR) is 95.8 cm³/mol. The molecule has 0 saturated heterocycles. The number of nitrogens with one attached hydrogen (secondary N) is 1. The molecule has 2 unspecified atom stereocenters. The van der Waals surface area contributed by atoms with E-state index in [9.17, 15) is 9.59 Å². The van der Waals surface area contributed by atoms with E-state index in [1.807, 2.05) is 30.3 Å². The highest BCUT2D eigenvalue weighted by Crippen LogP contribution is 2.30. The molecule has 0 heterocycles. The Morgan fingerprint density at radius 3 is 2.29 bits per heavy atom. The van der Waals surface area contributed by atoms with Gasteiger partial charge in [0, 0.05) is 6.04 Å². The maximum atomic E-state index is 12.7. The SMILES string of the molecule is COC(=O)C1(NC(=O)C(C)C(N)c2ccccc2)CCCCC1.Cl. The average molecular weight is 355 g/mol. The number of amides is 1. The number of esters is 1. The monoisotopic (exact) mass is 354 g/mol. The lowest BCUT2D eigenvalue weighted by molar-refractivity contribution is -0.153. The number of rotatable bonds is 5. The third-order valence-corrected chi connectivity index (χ3v) is 4.78. The summed E-state index contributed by atoms with van der Waals surface area (Å²) in [6.07, 6.45) is 4.15. The first-order chi connectivity index (χ1) is 11.0. The van der Waals surface area contributed by atoms with E-state index in [1.54, 1.807) is 6.92 Å². The van der Waals surface area contributed by atoms with Gasteiger partial charge in [0.25, 0.3) is 0 Å². The summed E-state index contributed by atoms with van der Waals surface area (Å²) in [6, 6.07) is 9.12. The third kappa shape index (κ3) is 4.48. The van der Waals surface area contributed by atoms with Gasteiger partial charge in [0.1, 0.15) is 5.54 Å². The smallest absolute Gasteiger partial charge is 0.331 e. The van der Waals surface area contributed by atoms with E-state index in [-0.39, 0.29) is 24.3 Å². The zero-order chi connectivity index (χ0) is 16.9. The van der Waals surface area contributed by atoms with Crippen molar-refractivity contribution in [1.82, 2.24) is 5.32 Å². The van der Waals surface area contributed by atoms with Gasteiger partial charge in [0.15, 0.2) is 0 Å². The molecule has 1 aromatic rings. The number of hydrogen-bond donors (Lipinski definition) is 2. The number of halogens is 1. The summed E-state index contributed by atoms with van der Waals surface area (Å²) in [7, 11) is 1.37. The molecule has 1 aliphatic rings. The molecule has 2 rings (SSSR count). The molecule has 1 aromatic carbocycles. The number of ether oxygens (including phenoxy) is 1.